The highest BCUT2D eigenvalue weighted by Crippen LogP contribution is 2.30. The molecule has 10 nitrogen and oxygen atoms in total. The van der Waals surface area contributed by atoms with Gasteiger partial charge in [-0.25, -0.2) is 4.36 Å². The van der Waals surface area contributed by atoms with Gasteiger partial charge in [-0.3, -0.25) is 4.21 Å². The Morgan fingerprint density at radius 2 is 1.02 bits per heavy atom. The first-order valence-electron chi connectivity index (χ1n) is 24.8. The molecule has 12 heteroatoms. The number of unbranched alkanes of at least 4 members (excludes halogenated alkanes) is 23. The highest BCUT2D eigenvalue weighted by molar-refractivity contribution is 7.92. The van der Waals surface area contributed by atoms with E-state index in [1.807, 2.05) is 0 Å². The largest absolute Gasteiger partial charge is 0.394 e. The van der Waals surface area contributed by atoms with Crippen molar-refractivity contribution in [3.63, 3.8) is 0 Å². The van der Waals surface area contributed by atoms with Crippen molar-refractivity contribution in [2.24, 2.45) is 4.36 Å². The third-order valence-corrected chi connectivity index (χ3v) is 19.3. The van der Waals surface area contributed by atoms with E-state index in [0.717, 1.165) is 44.9 Å². The lowest BCUT2D eigenvalue weighted by atomic mass is 9.99. The minimum atomic E-state index is -2.76. The third-order valence-electron chi connectivity index (χ3n) is 12.9. The zero-order chi connectivity index (χ0) is 43.8. The highest BCUT2D eigenvalue weighted by Gasteiger charge is 2.44. The van der Waals surface area contributed by atoms with Crippen LogP contribution in [-0.2, 0) is 19.2 Å². The van der Waals surface area contributed by atoms with Crippen molar-refractivity contribution in [1.82, 2.24) is 0 Å². The van der Waals surface area contributed by atoms with Crippen LogP contribution in [0.25, 0.3) is 0 Å². The fourth-order valence-electron chi connectivity index (χ4n) is 8.69. The fourth-order valence-corrected chi connectivity index (χ4v) is 14.4. The zero-order valence-electron chi connectivity index (χ0n) is 38.9. The molecule has 1 saturated heterocycles. The summed E-state index contributed by atoms with van der Waals surface area (Å²) < 4.78 is 29.7. The summed E-state index contributed by atoms with van der Waals surface area (Å²) in [5.41, 5.74) is 0. The summed E-state index contributed by atoms with van der Waals surface area (Å²) in [6.45, 7) is 8.53. The van der Waals surface area contributed by atoms with Crippen LogP contribution >= 0.6 is 0 Å². The molecule has 0 aromatic carbocycles. The van der Waals surface area contributed by atoms with Gasteiger partial charge in [0.2, 0.25) is 0 Å². The van der Waals surface area contributed by atoms with Crippen molar-refractivity contribution in [3.8, 4) is 0 Å². The smallest absolute Gasteiger partial charge is 0.186 e. The first-order valence-corrected chi connectivity index (χ1v) is 30.0. The van der Waals surface area contributed by atoms with Crippen molar-refractivity contribution in [2.75, 3.05) is 25.2 Å². The van der Waals surface area contributed by atoms with E-state index in [1.54, 1.807) is 6.26 Å². The molecule has 1 aliphatic heterocycles. The van der Waals surface area contributed by atoms with Crippen LogP contribution in [-0.4, -0.2) is 117 Å². The predicted molar refractivity (Wildman–Crippen MR) is 249 cm³/mol. The highest BCUT2D eigenvalue weighted by atomic mass is 32.2. The summed E-state index contributed by atoms with van der Waals surface area (Å²) in [6.07, 6.45) is 25.4. The number of hydrogen-bond donors (Lipinski definition) is 6. The first kappa shape index (κ1) is 56.9. The molecule has 0 bridgehead atoms. The first-order chi connectivity index (χ1) is 28.3. The topological polar surface area (TPSA) is 169 Å². The van der Waals surface area contributed by atoms with E-state index in [-0.39, 0.29) is 6.61 Å². The van der Waals surface area contributed by atoms with Gasteiger partial charge in [0.25, 0.3) is 0 Å². The van der Waals surface area contributed by atoms with E-state index in [0.29, 0.717) is 12.2 Å². The molecule has 0 aliphatic carbocycles. The van der Waals surface area contributed by atoms with E-state index >= 15 is 0 Å². The number of aliphatic hydroxyl groups excluding tert-OH is 6. The molecule has 0 amide bonds. The van der Waals surface area contributed by atoms with Gasteiger partial charge in [-0.1, -0.05) is 212 Å². The Balaban J connectivity index is 2.73. The minimum absolute atomic E-state index is 0.329. The maximum Gasteiger partial charge on any atom is 0.186 e. The van der Waals surface area contributed by atoms with Gasteiger partial charge >= 0.3 is 0 Å². The Kier molecular flexibility index (Phi) is 34.0. The van der Waals surface area contributed by atoms with Gasteiger partial charge in [0.05, 0.1) is 27.4 Å². The van der Waals surface area contributed by atoms with Crippen LogP contribution in [0.2, 0.25) is 24.7 Å². The molecule has 6 unspecified atom stereocenters. The molecule has 1 fully saturated rings. The second-order valence-electron chi connectivity index (χ2n) is 18.8. The second kappa shape index (κ2) is 35.2. The molecule has 1 heterocycles. The standard InChI is InChI=1S/C47H97NO9SSi/c1-6-9-12-15-16-17-18-19-20-21-23-28-33-41(50)43(51)40(39-56-47-46(54)45(53)44(52)42(38-49)57-47)48-58(4,55)34-29-24-22-27-32-37-59(5,35-30-25-13-10-7-2)36-31-26-14-11-8-3/h40-47,49-54H,6-39H2,1-5H3/t40-,41+,42?,43-,44?,45?,46?,47?,58?/m0/s1. The van der Waals surface area contributed by atoms with Gasteiger partial charge in [0.1, 0.15) is 36.6 Å². The Hall–Kier alpha value is -0.153. The fraction of sp³-hybridized carbons (Fsp3) is 1.00. The van der Waals surface area contributed by atoms with Crippen LogP contribution in [0.1, 0.15) is 201 Å². The van der Waals surface area contributed by atoms with Crippen LogP contribution in [0.5, 0.6) is 0 Å². The minimum Gasteiger partial charge on any atom is -0.394 e. The van der Waals surface area contributed by atoms with Crippen molar-refractivity contribution >= 4 is 17.8 Å². The molecular weight excluding hydrogens is 783 g/mol. The Labute approximate surface area is 364 Å². The number of ether oxygens (including phenoxy) is 2. The summed E-state index contributed by atoms with van der Waals surface area (Å²) in [7, 11) is -4.01. The van der Waals surface area contributed by atoms with Gasteiger partial charge in [-0.05, 0) is 12.8 Å². The second-order valence-corrected chi connectivity index (χ2v) is 26.4. The maximum absolute atomic E-state index is 13.9. The van der Waals surface area contributed by atoms with Crippen LogP contribution < -0.4 is 0 Å². The Bertz CT molecular complexity index is 1080. The molecule has 9 atom stereocenters. The summed E-state index contributed by atoms with van der Waals surface area (Å²) in [5, 5.41) is 63.0. The van der Waals surface area contributed by atoms with Crippen LogP contribution in [0, 0.1) is 0 Å². The van der Waals surface area contributed by atoms with Gasteiger partial charge in [-0.15, -0.1) is 0 Å². The van der Waals surface area contributed by atoms with Crippen molar-refractivity contribution in [3.05, 3.63) is 0 Å². The van der Waals surface area contributed by atoms with Crippen LogP contribution in [0.4, 0.5) is 0 Å². The SMILES string of the molecule is CCCCCCCCCCCCCC[C@@H](O)[C@@H](O)[C@H](COC1OC(CO)C(O)C(O)C1O)N=S(C)(=O)CCCCCCC[Si](C)(CCCCCCC)CCCCCCC. The van der Waals surface area contributed by atoms with Gasteiger partial charge in [0.15, 0.2) is 6.29 Å². The molecule has 0 saturated carbocycles. The van der Waals surface area contributed by atoms with E-state index in [1.165, 1.54) is 147 Å². The average Bonchev–Trinajstić information content (AvgIpc) is 3.21. The number of rotatable bonds is 40. The molecule has 59 heavy (non-hydrogen) atoms. The quantitative estimate of drug-likeness (QED) is 0.0259. The Morgan fingerprint density at radius 1 is 0.610 bits per heavy atom. The molecule has 0 aromatic heterocycles. The lowest BCUT2D eigenvalue weighted by Crippen LogP contribution is -2.59. The number of nitrogens with zero attached hydrogens (tertiary/aromatic N) is 1. The van der Waals surface area contributed by atoms with E-state index in [9.17, 15) is 34.8 Å². The van der Waals surface area contributed by atoms with E-state index in [4.69, 9.17) is 9.47 Å². The maximum atomic E-state index is 13.9. The van der Waals surface area contributed by atoms with Gasteiger partial charge in [0, 0.05) is 21.7 Å². The number of hydrogen-bond acceptors (Lipinski definition) is 10. The van der Waals surface area contributed by atoms with Crippen LogP contribution in [0.15, 0.2) is 4.36 Å². The molecule has 0 radical (unpaired) electrons. The molecule has 6 N–H and O–H groups in total. The number of aliphatic hydroxyl groups is 6. The molecule has 354 valence electrons. The van der Waals surface area contributed by atoms with E-state index < -0.39 is 73.4 Å². The van der Waals surface area contributed by atoms with Crippen molar-refractivity contribution < 1.29 is 44.3 Å². The molecule has 1 aliphatic rings. The zero-order valence-corrected chi connectivity index (χ0v) is 40.7. The van der Waals surface area contributed by atoms with E-state index in [2.05, 4.69) is 31.7 Å². The normalized spacial score (nSPS) is 22.6. The summed E-state index contributed by atoms with van der Waals surface area (Å²) >= 11 is 0. The average molecular weight is 880 g/mol. The van der Waals surface area contributed by atoms with Gasteiger partial charge < -0.3 is 40.1 Å². The lowest BCUT2D eigenvalue weighted by Gasteiger charge is -2.40. The summed E-state index contributed by atoms with van der Waals surface area (Å²) in [4.78, 5) is 0. The van der Waals surface area contributed by atoms with Crippen molar-refractivity contribution in [2.45, 2.75) is 274 Å². The molecule has 0 spiro atoms. The Morgan fingerprint density at radius 3 is 1.46 bits per heavy atom. The van der Waals surface area contributed by atoms with Crippen molar-refractivity contribution in [1.29, 1.82) is 0 Å². The molecule has 1 rings (SSSR count). The molecular formula is C47H97NO9SSi. The molecule has 0 aromatic rings. The lowest BCUT2D eigenvalue weighted by molar-refractivity contribution is -0.302. The van der Waals surface area contributed by atoms with Crippen LogP contribution in [0.3, 0.4) is 0 Å². The van der Waals surface area contributed by atoms with Gasteiger partial charge in [-0.2, -0.15) is 0 Å². The summed E-state index contributed by atoms with van der Waals surface area (Å²) in [5.74, 6) is 0.368. The predicted octanol–water partition coefficient (Wildman–Crippen LogP) is 10.1. The summed E-state index contributed by atoms with van der Waals surface area (Å²) in [6, 6.07) is 3.26. The monoisotopic (exact) mass is 880 g/mol. The third kappa shape index (κ3) is 26.9.